The number of anilines is 1. The van der Waals surface area contributed by atoms with Gasteiger partial charge >= 0.3 is 5.97 Å². The van der Waals surface area contributed by atoms with Gasteiger partial charge in [-0.1, -0.05) is 30.4 Å². The highest BCUT2D eigenvalue weighted by Gasteiger charge is 2.59. The van der Waals surface area contributed by atoms with Gasteiger partial charge in [0.05, 0.1) is 17.5 Å². The van der Waals surface area contributed by atoms with Crippen LogP contribution in [0, 0.1) is 23.7 Å². The number of carbonyl (C=O) groups is 3. The summed E-state index contributed by atoms with van der Waals surface area (Å²) in [6.45, 7) is 0. The number of allylic oxidation sites excluding steroid dienone is 2. The minimum Gasteiger partial charge on any atom is -0.420 e. The lowest BCUT2D eigenvalue weighted by Gasteiger charge is -2.19. The lowest BCUT2D eigenvalue weighted by Crippen LogP contribution is -2.33. The molecule has 1 saturated carbocycles. The van der Waals surface area contributed by atoms with Crippen LogP contribution in [-0.4, -0.2) is 17.8 Å². The van der Waals surface area contributed by atoms with Gasteiger partial charge in [0, 0.05) is 0 Å². The first kappa shape index (κ1) is 15.5. The minimum absolute atomic E-state index is 0.146. The topological polar surface area (TPSA) is 63.7 Å². The molecule has 2 heterocycles. The Balaban J connectivity index is 1.49. The van der Waals surface area contributed by atoms with Crippen molar-refractivity contribution in [3.05, 3.63) is 58.8 Å². The third-order valence-corrected chi connectivity index (χ3v) is 6.35. The van der Waals surface area contributed by atoms with Crippen molar-refractivity contribution in [2.45, 2.75) is 6.42 Å². The van der Waals surface area contributed by atoms with Crippen LogP contribution in [0.5, 0.6) is 5.75 Å². The van der Waals surface area contributed by atoms with Gasteiger partial charge in [-0.05, 0) is 41.8 Å². The molecule has 1 saturated heterocycles. The molecule has 26 heavy (non-hydrogen) atoms. The van der Waals surface area contributed by atoms with Crippen molar-refractivity contribution in [2.75, 3.05) is 4.90 Å². The lowest BCUT2D eigenvalue weighted by atomic mass is 9.85. The Labute approximate surface area is 153 Å². The van der Waals surface area contributed by atoms with Gasteiger partial charge in [0.1, 0.15) is 4.88 Å². The predicted octanol–water partition coefficient (Wildman–Crippen LogP) is 3.28. The Morgan fingerprint density at radius 2 is 1.69 bits per heavy atom. The number of para-hydroxylation sites is 2. The second kappa shape index (κ2) is 5.64. The van der Waals surface area contributed by atoms with Crippen molar-refractivity contribution in [2.24, 2.45) is 23.7 Å². The van der Waals surface area contributed by atoms with E-state index in [2.05, 4.69) is 12.2 Å². The Hall–Kier alpha value is -2.73. The number of benzene rings is 1. The monoisotopic (exact) mass is 365 g/mol. The number of rotatable bonds is 3. The third-order valence-electron chi connectivity index (χ3n) is 5.50. The molecule has 4 atom stereocenters. The second-order valence-electron chi connectivity index (χ2n) is 6.85. The van der Waals surface area contributed by atoms with E-state index in [9.17, 15) is 14.4 Å². The number of esters is 1. The highest BCUT2D eigenvalue weighted by Crippen LogP contribution is 2.53. The molecule has 0 spiro atoms. The smallest absolute Gasteiger partial charge is 0.353 e. The number of fused-ring (bicyclic) bond motifs is 5. The van der Waals surface area contributed by atoms with Crippen LogP contribution in [0.2, 0.25) is 0 Å². The van der Waals surface area contributed by atoms with Gasteiger partial charge in [-0.25, -0.2) is 9.69 Å². The van der Waals surface area contributed by atoms with Crippen LogP contribution in [0.25, 0.3) is 0 Å². The minimum atomic E-state index is -0.492. The molecule has 5 nitrogen and oxygen atoms in total. The SMILES string of the molecule is O=C(Oc1ccccc1N1C(=O)[C@@H]2[C@@H](C1=O)[C@H]1C=C[C@H]2C1)c1cccs1. The number of carbonyl (C=O) groups excluding carboxylic acids is 3. The summed E-state index contributed by atoms with van der Waals surface area (Å²) in [5.74, 6) is -0.897. The van der Waals surface area contributed by atoms with Crippen LogP contribution in [0.4, 0.5) is 5.69 Å². The van der Waals surface area contributed by atoms with E-state index in [4.69, 9.17) is 4.74 Å². The molecule has 6 heteroatoms. The number of hydrogen-bond donors (Lipinski definition) is 0. The molecule has 1 aliphatic heterocycles. The van der Waals surface area contributed by atoms with Crippen molar-refractivity contribution >= 4 is 34.8 Å². The summed E-state index contributed by atoms with van der Waals surface area (Å²) in [6, 6.07) is 10.2. The molecule has 2 bridgehead atoms. The standard InChI is InChI=1S/C20H15NO4S/c22-18-16-11-7-8-12(10-11)17(16)19(23)21(18)13-4-1-2-5-14(13)25-20(24)15-6-3-9-26-15/h1-9,11-12,16-17H,10H2/t11-,12-,16-,17-/m0/s1. The summed E-state index contributed by atoms with van der Waals surface area (Å²) in [4.78, 5) is 40.0. The highest BCUT2D eigenvalue weighted by molar-refractivity contribution is 7.12. The molecule has 2 fully saturated rings. The summed E-state index contributed by atoms with van der Waals surface area (Å²) in [6.07, 6.45) is 5.00. The zero-order valence-corrected chi connectivity index (χ0v) is 14.5. The van der Waals surface area contributed by atoms with Gasteiger partial charge in [0.25, 0.3) is 0 Å². The first-order valence-corrected chi connectivity index (χ1v) is 9.44. The second-order valence-corrected chi connectivity index (χ2v) is 7.79. The van der Waals surface area contributed by atoms with Crippen LogP contribution >= 0.6 is 11.3 Å². The van der Waals surface area contributed by atoms with E-state index in [1.165, 1.54) is 16.2 Å². The molecule has 2 aliphatic carbocycles. The Morgan fingerprint density at radius 3 is 2.35 bits per heavy atom. The maximum Gasteiger partial charge on any atom is 0.353 e. The van der Waals surface area contributed by atoms with Gasteiger partial charge < -0.3 is 4.74 Å². The van der Waals surface area contributed by atoms with E-state index < -0.39 is 5.97 Å². The maximum absolute atomic E-state index is 13.0. The number of hydrogen-bond acceptors (Lipinski definition) is 5. The molecule has 2 amide bonds. The van der Waals surface area contributed by atoms with Crippen LogP contribution in [0.3, 0.4) is 0 Å². The summed E-state index contributed by atoms with van der Waals surface area (Å²) >= 11 is 1.28. The Bertz CT molecular complexity index is 918. The summed E-state index contributed by atoms with van der Waals surface area (Å²) in [5.41, 5.74) is 0.348. The molecular weight excluding hydrogens is 350 g/mol. The van der Waals surface area contributed by atoms with Crippen molar-refractivity contribution in [3.8, 4) is 5.75 Å². The van der Waals surface area contributed by atoms with E-state index >= 15 is 0 Å². The first-order chi connectivity index (χ1) is 12.6. The molecule has 1 aromatic carbocycles. The zero-order chi connectivity index (χ0) is 17.8. The van der Waals surface area contributed by atoms with Crippen LogP contribution in [0.1, 0.15) is 16.1 Å². The fourth-order valence-electron chi connectivity index (χ4n) is 4.41. The predicted molar refractivity (Wildman–Crippen MR) is 95.9 cm³/mol. The van der Waals surface area contributed by atoms with E-state index in [1.54, 1.807) is 41.8 Å². The summed E-state index contributed by atoms with van der Waals surface area (Å²) < 4.78 is 5.50. The lowest BCUT2D eigenvalue weighted by molar-refractivity contribution is -0.123. The van der Waals surface area contributed by atoms with Gasteiger partial charge in [-0.3, -0.25) is 9.59 Å². The molecule has 2 aromatic rings. The van der Waals surface area contributed by atoms with Crippen LogP contribution < -0.4 is 9.64 Å². The maximum atomic E-state index is 13.0. The zero-order valence-electron chi connectivity index (χ0n) is 13.7. The molecule has 1 aromatic heterocycles. The molecule has 5 rings (SSSR count). The van der Waals surface area contributed by atoms with Crippen molar-refractivity contribution in [3.63, 3.8) is 0 Å². The van der Waals surface area contributed by atoms with E-state index in [0.29, 0.717) is 10.6 Å². The summed E-state index contributed by atoms with van der Waals surface area (Å²) in [5, 5.41) is 1.79. The van der Waals surface area contributed by atoms with Crippen molar-refractivity contribution < 1.29 is 19.1 Å². The third kappa shape index (κ3) is 2.12. The molecule has 0 N–H and O–H groups in total. The number of ether oxygens (including phenoxy) is 1. The molecular formula is C20H15NO4S. The number of amides is 2. The quantitative estimate of drug-likeness (QED) is 0.362. The fraction of sp³-hybridized carbons (Fsp3) is 0.250. The molecule has 3 aliphatic rings. The number of imide groups is 1. The molecule has 0 unspecified atom stereocenters. The largest absolute Gasteiger partial charge is 0.420 e. The van der Waals surface area contributed by atoms with Gasteiger partial charge in [0.2, 0.25) is 11.8 Å². The average molecular weight is 365 g/mol. The normalized spacial score (nSPS) is 28.7. The highest BCUT2D eigenvalue weighted by atomic mass is 32.1. The fourth-order valence-corrected chi connectivity index (χ4v) is 5.01. The number of thiophene rings is 1. The Kier molecular flexibility index (Phi) is 3.37. The van der Waals surface area contributed by atoms with Crippen molar-refractivity contribution in [1.29, 1.82) is 0 Å². The van der Waals surface area contributed by atoms with E-state index in [1.807, 2.05) is 0 Å². The van der Waals surface area contributed by atoms with Gasteiger partial charge in [-0.15, -0.1) is 11.3 Å². The van der Waals surface area contributed by atoms with Gasteiger partial charge in [0.15, 0.2) is 5.75 Å². The van der Waals surface area contributed by atoms with Crippen LogP contribution in [-0.2, 0) is 9.59 Å². The number of nitrogens with zero attached hydrogens (tertiary/aromatic N) is 1. The van der Waals surface area contributed by atoms with E-state index in [-0.39, 0.29) is 41.2 Å². The van der Waals surface area contributed by atoms with E-state index in [0.717, 1.165) is 6.42 Å². The average Bonchev–Trinajstić information content (AvgIpc) is 3.41. The first-order valence-electron chi connectivity index (χ1n) is 8.56. The van der Waals surface area contributed by atoms with Crippen LogP contribution in [0.15, 0.2) is 53.9 Å². The molecule has 0 radical (unpaired) electrons. The van der Waals surface area contributed by atoms with Crippen molar-refractivity contribution in [1.82, 2.24) is 0 Å². The van der Waals surface area contributed by atoms with Gasteiger partial charge in [-0.2, -0.15) is 0 Å². The molecule has 130 valence electrons. The summed E-state index contributed by atoms with van der Waals surface area (Å²) in [7, 11) is 0. The Morgan fingerprint density at radius 1 is 1.00 bits per heavy atom.